The van der Waals surface area contributed by atoms with Crippen molar-refractivity contribution in [2.45, 2.75) is 39.7 Å². The van der Waals surface area contributed by atoms with E-state index in [0.29, 0.717) is 31.0 Å². The number of nitrogens with zero attached hydrogens (tertiary/aromatic N) is 1. The number of pyridine rings is 1. The summed E-state index contributed by atoms with van der Waals surface area (Å²) >= 11 is 0. The van der Waals surface area contributed by atoms with Gasteiger partial charge in [0, 0.05) is 24.7 Å². The number of carbonyl (C=O) groups is 2. The first-order valence-electron chi connectivity index (χ1n) is 7.00. The van der Waals surface area contributed by atoms with Gasteiger partial charge in [0.05, 0.1) is 12.2 Å². The van der Waals surface area contributed by atoms with Crippen molar-refractivity contribution in [1.82, 2.24) is 10.3 Å². The first-order chi connectivity index (χ1) is 9.81. The molecule has 1 rings (SSSR count). The Balaban J connectivity index is 2.40. The fourth-order valence-electron chi connectivity index (χ4n) is 1.62. The van der Waals surface area contributed by atoms with Crippen molar-refractivity contribution in [1.29, 1.82) is 0 Å². The van der Waals surface area contributed by atoms with E-state index in [1.54, 1.807) is 19.1 Å². The summed E-state index contributed by atoms with van der Waals surface area (Å²) in [5, 5.41) is 5.92. The molecule has 0 aliphatic rings. The van der Waals surface area contributed by atoms with Crippen molar-refractivity contribution in [3.63, 3.8) is 0 Å². The van der Waals surface area contributed by atoms with Crippen LogP contribution < -0.4 is 10.6 Å². The van der Waals surface area contributed by atoms with E-state index in [4.69, 9.17) is 4.74 Å². The molecule has 21 heavy (non-hydrogen) atoms. The first kappa shape index (κ1) is 16.9. The molecule has 0 atom stereocenters. The van der Waals surface area contributed by atoms with E-state index >= 15 is 0 Å². The van der Waals surface area contributed by atoms with Crippen molar-refractivity contribution >= 4 is 17.7 Å². The number of hydrogen-bond donors (Lipinski definition) is 2. The van der Waals surface area contributed by atoms with Crippen molar-refractivity contribution in [3.05, 3.63) is 23.9 Å². The van der Waals surface area contributed by atoms with Gasteiger partial charge in [-0.05, 0) is 39.8 Å². The number of ether oxygens (including phenoxy) is 1. The van der Waals surface area contributed by atoms with Crippen LogP contribution in [0.4, 0.5) is 5.82 Å². The zero-order valence-corrected chi connectivity index (χ0v) is 13.0. The molecule has 1 heterocycles. The van der Waals surface area contributed by atoms with Crippen molar-refractivity contribution < 1.29 is 14.3 Å². The lowest BCUT2D eigenvalue weighted by Gasteiger charge is -2.20. The Kier molecular flexibility index (Phi) is 6.14. The average Bonchev–Trinajstić information content (AvgIpc) is 2.37. The fourth-order valence-corrected chi connectivity index (χ4v) is 1.62. The summed E-state index contributed by atoms with van der Waals surface area (Å²) in [4.78, 5) is 27.2. The summed E-state index contributed by atoms with van der Waals surface area (Å²) in [6.45, 7) is 8.38. The normalized spacial score (nSPS) is 10.9. The van der Waals surface area contributed by atoms with E-state index < -0.39 is 0 Å². The lowest BCUT2D eigenvalue weighted by molar-refractivity contribution is -0.122. The SMILES string of the molecule is CCOC(=O)c1ccc(NCCC(=O)NC(C)(C)C)nc1. The molecule has 0 fully saturated rings. The minimum Gasteiger partial charge on any atom is -0.462 e. The molecule has 0 saturated carbocycles. The highest BCUT2D eigenvalue weighted by Gasteiger charge is 2.13. The van der Waals surface area contributed by atoms with Crippen LogP contribution in [0.2, 0.25) is 0 Å². The molecule has 0 saturated heterocycles. The van der Waals surface area contributed by atoms with Gasteiger partial charge in [0.1, 0.15) is 5.82 Å². The van der Waals surface area contributed by atoms with Gasteiger partial charge >= 0.3 is 5.97 Å². The standard InChI is InChI=1S/C15H23N3O3/c1-5-21-14(20)11-6-7-12(17-10-11)16-9-8-13(19)18-15(2,3)4/h6-7,10H,5,8-9H2,1-4H3,(H,16,17)(H,18,19). The Bertz CT molecular complexity index is 478. The van der Waals surface area contributed by atoms with Gasteiger partial charge in [0.25, 0.3) is 0 Å². The minimum absolute atomic E-state index is 0.0156. The van der Waals surface area contributed by atoms with E-state index in [2.05, 4.69) is 15.6 Å². The molecular weight excluding hydrogens is 270 g/mol. The molecule has 6 nitrogen and oxygen atoms in total. The zero-order chi connectivity index (χ0) is 15.9. The van der Waals surface area contributed by atoms with Crippen LogP contribution in [0.5, 0.6) is 0 Å². The maximum absolute atomic E-state index is 11.6. The van der Waals surface area contributed by atoms with Gasteiger partial charge in [0.15, 0.2) is 0 Å². The molecule has 116 valence electrons. The number of nitrogens with one attached hydrogen (secondary N) is 2. The second kappa shape index (κ2) is 7.61. The third-order valence-corrected chi connectivity index (χ3v) is 2.45. The lowest BCUT2D eigenvalue weighted by atomic mass is 10.1. The molecule has 0 unspecified atom stereocenters. The predicted octanol–water partition coefficient (Wildman–Crippen LogP) is 1.97. The summed E-state index contributed by atoms with van der Waals surface area (Å²) in [6.07, 6.45) is 1.81. The van der Waals surface area contributed by atoms with Crippen LogP contribution in [0.25, 0.3) is 0 Å². The minimum atomic E-state index is -0.388. The molecule has 2 N–H and O–H groups in total. The van der Waals surface area contributed by atoms with Crippen molar-refractivity contribution in [2.75, 3.05) is 18.5 Å². The highest BCUT2D eigenvalue weighted by Crippen LogP contribution is 2.06. The summed E-state index contributed by atoms with van der Waals surface area (Å²) in [6, 6.07) is 3.33. The maximum atomic E-state index is 11.6. The topological polar surface area (TPSA) is 80.3 Å². The summed E-state index contributed by atoms with van der Waals surface area (Å²) in [5.74, 6) is 0.214. The molecule has 1 amide bonds. The van der Waals surface area contributed by atoms with Crippen LogP contribution >= 0.6 is 0 Å². The van der Waals surface area contributed by atoms with E-state index in [1.807, 2.05) is 20.8 Å². The van der Waals surface area contributed by atoms with E-state index in [9.17, 15) is 9.59 Å². The fraction of sp³-hybridized carbons (Fsp3) is 0.533. The molecule has 0 radical (unpaired) electrons. The average molecular weight is 293 g/mol. The molecule has 0 spiro atoms. The summed E-state index contributed by atoms with van der Waals surface area (Å²) in [7, 11) is 0. The van der Waals surface area contributed by atoms with Gasteiger partial charge < -0.3 is 15.4 Å². The van der Waals surface area contributed by atoms with Crippen molar-refractivity contribution in [2.24, 2.45) is 0 Å². The van der Waals surface area contributed by atoms with Crippen molar-refractivity contribution in [3.8, 4) is 0 Å². The Morgan fingerprint density at radius 2 is 2.00 bits per heavy atom. The molecule has 0 aliphatic heterocycles. The maximum Gasteiger partial charge on any atom is 0.339 e. The molecule has 1 aromatic heterocycles. The third-order valence-electron chi connectivity index (χ3n) is 2.45. The smallest absolute Gasteiger partial charge is 0.339 e. The number of carbonyl (C=O) groups excluding carboxylic acids is 2. The van der Waals surface area contributed by atoms with E-state index in [-0.39, 0.29) is 17.4 Å². The second-order valence-corrected chi connectivity index (χ2v) is 5.63. The Morgan fingerprint density at radius 3 is 2.52 bits per heavy atom. The first-order valence-corrected chi connectivity index (χ1v) is 7.00. The predicted molar refractivity (Wildman–Crippen MR) is 81.2 cm³/mol. The molecule has 1 aromatic rings. The van der Waals surface area contributed by atoms with Gasteiger partial charge in [-0.2, -0.15) is 0 Å². The van der Waals surface area contributed by atoms with Crippen LogP contribution in [0.15, 0.2) is 18.3 Å². The van der Waals surface area contributed by atoms with Gasteiger partial charge in [-0.3, -0.25) is 4.79 Å². The Morgan fingerprint density at radius 1 is 1.29 bits per heavy atom. The number of aromatic nitrogens is 1. The Labute approximate surface area is 125 Å². The monoisotopic (exact) mass is 293 g/mol. The molecule has 6 heteroatoms. The van der Waals surface area contributed by atoms with Crippen LogP contribution in [0.3, 0.4) is 0 Å². The highest BCUT2D eigenvalue weighted by molar-refractivity contribution is 5.89. The van der Waals surface area contributed by atoms with Gasteiger partial charge in [-0.25, -0.2) is 9.78 Å². The number of rotatable bonds is 6. The molecule has 0 aromatic carbocycles. The Hall–Kier alpha value is -2.11. The number of amides is 1. The van der Waals surface area contributed by atoms with Crippen LogP contribution in [-0.4, -0.2) is 35.6 Å². The van der Waals surface area contributed by atoms with Gasteiger partial charge in [-0.15, -0.1) is 0 Å². The number of anilines is 1. The van der Waals surface area contributed by atoms with Crippen LogP contribution in [0.1, 0.15) is 44.5 Å². The molecule has 0 bridgehead atoms. The second-order valence-electron chi connectivity index (χ2n) is 5.63. The zero-order valence-electron chi connectivity index (χ0n) is 13.0. The van der Waals surface area contributed by atoms with Gasteiger partial charge in [-0.1, -0.05) is 0 Å². The highest BCUT2D eigenvalue weighted by atomic mass is 16.5. The van der Waals surface area contributed by atoms with Crippen LogP contribution in [0, 0.1) is 0 Å². The number of hydrogen-bond acceptors (Lipinski definition) is 5. The molecule has 0 aliphatic carbocycles. The quantitative estimate of drug-likeness (QED) is 0.784. The van der Waals surface area contributed by atoms with E-state index in [0.717, 1.165) is 0 Å². The third kappa shape index (κ3) is 6.74. The molecular formula is C15H23N3O3. The summed E-state index contributed by atoms with van der Waals surface area (Å²) in [5.41, 5.74) is 0.184. The summed E-state index contributed by atoms with van der Waals surface area (Å²) < 4.78 is 4.87. The van der Waals surface area contributed by atoms with Crippen LogP contribution in [-0.2, 0) is 9.53 Å². The number of esters is 1. The van der Waals surface area contributed by atoms with Gasteiger partial charge in [0.2, 0.25) is 5.91 Å². The largest absolute Gasteiger partial charge is 0.462 e. The van der Waals surface area contributed by atoms with E-state index in [1.165, 1.54) is 6.20 Å². The lowest BCUT2D eigenvalue weighted by Crippen LogP contribution is -2.41.